The minimum Gasteiger partial charge on any atom is -0.451 e. The number of fused-ring (bicyclic) bond motifs is 1. The maximum absolute atomic E-state index is 12.5. The van der Waals surface area contributed by atoms with Gasteiger partial charge < -0.3 is 14.5 Å². The van der Waals surface area contributed by atoms with Crippen molar-refractivity contribution in [2.45, 2.75) is 19.6 Å². The first-order chi connectivity index (χ1) is 15.0. The number of esters is 1. The molecule has 0 aliphatic carbocycles. The van der Waals surface area contributed by atoms with Gasteiger partial charge in [0.15, 0.2) is 6.10 Å². The van der Waals surface area contributed by atoms with Crippen LogP contribution in [0.25, 0.3) is 22.2 Å². The summed E-state index contributed by atoms with van der Waals surface area (Å²) in [5.41, 5.74) is 1.22. The predicted molar refractivity (Wildman–Crippen MR) is 114 cm³/mol. The number of benzene rings is 3. The van der Waals surface area contributed by atoms with Gasteiger partial charge in [0.1, 0.15) is 6.54 Å². The molecule has 156 valence electrons. The van der Waals surface area contributed by atoms with Crippen molar-refractivity contribution in [3.05, 3.63) is 83.3 Å². The van der Waals surface area contributed by atoms with Gasteiger partial charge in [0.25, 0.3) is 5.91 Å². The Morgan fingerprint density at radius 1 is 1.03 bits per heavy atom. The highest BCUT2D eigenvalue weighted by Gasteiger charge is 2.21. The minimum absolute atomic E-state index is 0.0974. The van der Waals surface area contributed by atoms with Crippen molar-refractivity contribution in [2.75, 3.05) is 5.32 Å². The third-order valence-corrected chi connectivity index (χ3v) is 4.63. The average Bonchev–Trinajstić information content (AvgIpc) is 3.14. The van der Waals surface area contributed by atoms with Crippen LogP contribution in [0.3, 0.4) is 0 Å². The Balaban J connectivity index is 1.40. The van der Waals surface area contributed by atoms with Crippen molar-refractivity contribution in [2.24, 2.45) is 0 Å². The van der Waals surface area contributed by atoms with Gasteiger partial charge in [-0.05, 0) is 30.5 Å². The number of ether oxygens (including phenoxy) is 1. The topological polar surface area (TPSA) is 103 Å². The second-order valence-corrected chi connectivity index (χ2v) is 6.84. The van der Waals surface area contributed by atoms with Crippen LogP contribution in [0.2, 0.25) is 0 Å². The monoisotopic (exact) mass is 417 g/mol. The highest BCUT2D eigenvalue weighted by molar-refractivity contribution is 6.03. The molecule has 0 bridgehead atoms. The van der Waals surface area contributed by atoms with E-state index in [1.807, 2.05) is 42.5 Å². The number of nitrogens with one attached hydrogen (secondary N) is 1. The molecular formula is C23H19N3O5. The molecular weight excluding hydrogens is 398 g/mol. The fourth-order valence-electron chi connectivity index (χ4n) is 3.08. The number of amides is 1. The van der Waals surface area contributed by atoms with Crippen molar-refractivity contribution < 1.29 is 18.7 Å². The molecule has 1 amide bonds. The van der Waals surface area contributed by atoms with Gasteiger partial charge in [0.05, 0.1) is 0 Å². The molecule has 1 aromatic heterocycles. The lowest BCUT2D eigenvalue weighted by atomic mass is 10.1. The van der Waals surface area contributed by atoms with Crippen LogP contribution >= 0.6 is 0 Å². The summed E-state index contributed by atoms with van der Waals surface area (Å²) in [6.07, 6.45) is -1.07. The first-order valence-electron chi connectivity index (χ1n) is 9.63. The Hall–Kier alpha value is -4.20. The second-order valence-electron chi connectivity index (χ2n) is 6.84. The van der Waals surface area contributed by atoms with Crippen molar-refractivity contribution in [1.82, 2.24) is 9.78 Å². The van der Waals surface area contributed by atoms with E-state index in [9.17, 15) is 14.4 Å². The first kappa shape index (κ1) is 20.1. The van der Waals surface area contributed by atoms with Gasteiger partial charge in [-0.2, -0.15) is 4.68 Å². The van der Waals surface area contributed by atoms with Crippen molar-refractivity contribution in [3.8, 4) is 11.5 Å². The Bertz CT molecular complexity index is 1290. The number of nitrogens with zero attached hydrogens (tertiary/aromatic N) is 2. The van der Waals surface area contributed by atoms with Gasteiger partial charge in [-0.1, -0.05) is 54.6 Å². The van der Waals surface area contributed by atoms with Gasteiger partial charge in [0, 0.05) is 16.6 Å². The average molecular weight is 417 g/mol. The number of hydrogen-bond donors (Lipinski definition) is 1. The van der Waals surface area contributed by atoms with Crippen LogP contribution in [-0.2, 0) is 20.9 Å². The molecule has 0 aliphatic heterocycles. The van der Waals surface area contributed by atoms with E-state index >= 15 is 0 Å². The van der Waals surface area contributed by atoms with Crippen molar-refractivity contribution in [1.29, 1.82) is 0 Å². The lowest BCUT2D eigenvalue weighted by Crippen LogP contribution is -2.32. The minimum atomic E-state index is -1.07. The highest BCUT2D eigenvalue weighted by Crippen LogP contribution is 2.23. The lowest BCUT2D eigenvalue weighted by molar-refractivity contribution is -0.154. The first-order valence-corrected chi connectivity index (χ1v) is 9.63. The summed E-state index contributed by atoms with van der Waals surface area (Å²) in [6.45, 7) is 0.986. The number of carbonyl (C=O) groups is 2. The third kappa shape index (κ3) is 4.53. The molecule has 8 nitrogen and oxygen atoms in total. The van der Waals surface area contributed by atoms with Gasteiger partial charge in [-0.25, -0.2) is 4.79 Å². The summed E-state index contributed by atoms with van der Waals surface area (Å²) in [5.74, 6) is -1.96. The quantitative estimate of drug-likeness (QED) is 0.483. The largest absolute Gasteiger partial charge is 0.451 e. The molecule has 0 unspecified atom stereocenters. The van der Waals surface area contributed by atoms with Crippen molar-refractivity contribution >= 4 is 28.3 Å². The van der Waals surface area contributed by atoms with Crippen LogP contribution in [0.1, 0.15) is 6.92 Å². The molecule has 0 saturated heterocycles. The predicted octanol–water partition coefficient (Wildman–Crippen LogP) is 3.23. The van der Waals surface area contributed by atoms with Crippen LogP contribution in [0.5, 0.6) is 0 Å². The van der Waals surface area contributed by atoms with E-state index in [0.717, 1.165) is 15.5 Å². The summed E-state index contributed by atoms with van der Waals surface area (Å²) < 4.78 is 11.1. The summed E-state index contributed by atoms with van der Waals surface area (Å²) in [7, 11) is 0. The number of rotatable bonds is 6. The normalized spacial score (nSPS) is 11.8. The van der Waals surface area contributed by atoms with E-state index in [1.165, 1.54) is 6.92 Å². The van der Waals surface area contributed by atoms with Crippen LogP contribution in [0.4, 0.5) is 5.69 Å². The standard InChI is InChI=1S/C23H19N3O5/c1-15(21(28)24-19-13-7-11-16-8-5-6-12-18(16)19)30-20(27)14-26-23(29)31-22(25-26)17-9-3-2-4-10-17/h2-13,15H,14H2,1H3,(H,24,28)/t15-/m0/s1. The molecule has 3 aromatic carbocycles. The maximum atomic E-state index is 12.5. The summed E-state index contributed by atoms with van der Waals surface area (Å²) in [6, 6.07) is 22.0. The zero-order valence-electron chi connectivity index (χ0n) is 16.6. The molecule has 0 spiro atoms. The second kappa shape index (κ2) is 8.66. The SMILES string of the molecule is C[C@H](OC(=O)Cn1nc(-c2ccccc2)oc1=O)C(=O)Nc1cccc2ccccc12. The van der Waals surface area contributed by atoms with E-state index < -0.39 is 30.3 Å². The summed E-state index contributed by atoms with van der Waals surface area (Å²) in [4.78, 5) is 36.7. The summed E-state index contributed by atoms with van der Waals surface area (Å²) >= 11 is 0. The molecule has 0 saturated carbocycles. The molecule has 4 aromatic rings. The number of hydrogen-bond acceptors (Lipinski definition) is 6. The number of aromatic nitrogens is 2. The maximum Gasteiger partial charge on any atom is 0.437 e. The Labute approximate surface area is 177 Å². The lowest BCUT2D eigenvalue weighted by Gasteiger charge is -2.14. The zero-order chi connectivity index (χ0) is 21.8. The number of carbonyl (C=O) groups excluding carboxylic acids is 2. The zero-order valence-corrected chi connectivity index (χ0v) is 16.6. The smallest absolute Gasteiger partial charge is 0.437 e. The van der Waals surface area contributed by atoms with E-state index in [1.54, 1.807) is 30.3 Å². The third-order valence-electron chi connectivity index (χ3n) is 4.63. The Kier molecular flexibility index (Phi) is 5.61. The van der Waals surface area contributed by atoms with Crippen LogP contribution in [0, 0.1) is 0 Å². The Morgan fingerprint density at radius 3 is 2.55 bits per heavy atom. The van der Waals surface area contributed by atoms with E-state index in [2.05, 4.69) is 10.4 Å². The molecule has 1 atom stereocenters. The van der Waals surface area contributed by atoms with Gasteiger partial charge in [-0.3, -0.25) is 9.59 Å². The molecule has 0 fully saturated rings. The van der Waals surface area contributed by atoms with Crippen LogP contribution in [0.15, 0.2) is 82.0 Å². The number of anilines is 1. The van der Waals surface area contributed by atoms with E-state index in [4.69, 9.17) is 9.15 Å². The van der Waals surface area contributed by atoms with Crippen molar-refractivity contribution in [3.63, 3.8) is 0 Å². The molecule has 0 radical (unpaired) electrons. The van der Waals surface area contributed by atoms with Crippen LogP contribution < -0.4 is 11.1 Å². The summed E-state index contributed by atoms with van der Waals surface area (Å²) in [5, 5.41) is 8.63. The molecule has 1 heterocycles. The fourth-order valence-corrected chi connectivity index (χ4v) is 3.08. The van der Waals surface area contributed by atoms with Gasteiger partial charge >= 0.3 is 11.7 Å². The molecule has 1 N–H and O–H groups in total. The van der Waals surface area contributed by atoms with E-state index in [-0.39, 0.29) is 5.89 Å². The van der Waals surface area contributed by atoms with Gasteiger partial charge in [-0.15, -0.1) is 5.10 Å². The van der Waals surface area contributed by atoms with Gasteiger partial charge in [0.2, 0.25) is 5.89 Å². The molecule has 4 rings (SSSR count). The molecule has 8 heteroatoms. The van der Waals surface area contributed by atoms with Crippen LogP contribution in [-0.4, -0.2) is 27.8 Å². The molecule has 0 aliphatic rings. The van der Waals surface area contributed by atoms with E-state index in [0.29, 0.717) is 11.3 Å². The Morgan fingerprint density at radius 2 is 1.74 bits per heavy atom. The molecule has 31 heavy (non-hydrogen) atoms. The highest BCUT2D eigenvalue weighted by atomic mass is 16.5. The fraction of sp³-hybridized carbons (Fsp3) is 0.130.